The lowest BCUT2D eigenvalue weighted by Crippen LogP contribution is -2.30. The largest absolute Gasteiger partial charge is 0.338 e. The van der Waals surface area contributed by atoms with Crippen molar-refractivity contribution < 1.29 is 4.52 Å². The van der Waals surface area contributed by atoms with Crippen LogP contribution in [0, 0.1) is 0 Å². The number of piperidine rings is 1. The van der Waals surface area contributed by atoms with Crippen LogP contribution in [0.2, 0.25) is 0 Å². The molecule has 4 nitrogen and oxygen atoms in total. The van der Waals surface area contributed by atoms with E-state index in [1.165, 1.54) is 19.3 Å². The highest BCUT2D eigenvalue weighted by Crippen LogP contribution is 2.16. The topological polar surface area (TPSA) is 42.2 Å². The lowest BCUT2D eigenvalue weighted by molar-refractivity contribution is 0.387. The van der Waals surface area contributed by atoms with Gasteiger partial charge in [0, 0.05) is 13.1 Å². The standard InChI is InChI=1S/C8H12ClN3O/c9-6-7-10-8(11-13-7)12-4-2-1-3-5-12/h1-6H2. The van der Waals surface area contributed by atoms with Gasteiger partial charge in [-0.1, -0.05) is 0 Å². The first kappa shape index (κ1) is 8.81. The average molecular weight is 202 g/mol. The third-order valence-corrected chi connectivity index (χ3v) is 2.44. The molecular weight excluding hydrogens is 190 g/mol. The summed E-state index contributed by atoms with van der Waals surface area (Å²) in [6.07, 6.45) is 3.73. The monoisotopic (exact) mass is 201 g/mol. The molecule has 0 atom stereocenters. The number of nitrogens with zero attached hydrogens (tertiary/aromatic N) is 3. The number of anilines is 1. The first-order chi connectivity index (χ1) is 6.40. The fourth-order valence-corrected chi connectivity index (χ4v) is 1.63. The van der Waals surface area contributed by atoms with Gasteiger partial charge in [0.2, 0.25) is 5.89 Å². The van der Waals surface area contributed by atoms with Gasteiger partial charge < -0.3 is 9.42 Å². The molecule has 1 fully saturated rings. The van der Waals surface area contributed by atoms with Crippen molar-refractivity contribution >= 4 is 17.5 Å². The van der Waals surface area contributed by atoms with Gasteiger partial charge in [-0.25, -0.2) is 0 Å². The van der Waals surface area contributed by atoms with Crippen molar-refractivity contribution in [3.05, 3.63) is 5.89 Å². The summed E-state index contributed by atoms with van der Waals surface area (Å²) < 4.78 is 4.93. The van der Waals surface area contributed by atoms with E-state index in [-0.39, 0.29) is 0 Å². The summed E-state index contributed by atoms with van der Waals surface area (Å²) in [6.45, 7) is 2.06. The maximum Gasteiger partial charge on any atom is 0.266 e. The quantitative estimate of drug-likeness (QED) is 0.685. The van der Waals surface area contributed by atoms with Crippen molar-refractivity contribution in [3.8, 4) is 0 Å². The van der Waals surface area contributed by atoms with Crippen molar-refractivity contribution in [1.29, 1.82) is 0 Å². The molecule has 0 saturated carbocycles. The minimum absolute atomic E-state index is 0.292. The smallest absolute Gasteiger partial charge is 0.266 e. The summed E-state index contributed by atoms with van der Waals surface area (Å²) in [5.41, 5.74) is 0. The second-order valence-corrected chi connectivity index (χ2v) is 3.44. The second kappa shape index (κ2) is 3.96. The Morgan fingerprint density at radius 1 is 1.31 bits per heavy atom. The molecular formula is C8H12ClN3O. The summed E-state index contributed by atoms with van der Waals surface area (Å²) in [7, 11) is 0. The molecule has 0 bridgehead atoms. The highest BCUT2D eigenvalue weighted by molar-refractivity contribution is 6.16. The summed E-state index contributed by atoms with van der Waals surface area (Å²) >= 11 is 5.56. The first-order valence-corrected chi connectivity index (χ1v) is 5.07. The molecule has 1 saturated heterocycles. The Bertz CT molecular complexity index is 270. The average Bonchev–Trinajstić information content (AvgIpc) is 2.67. The van der Waals surface area contributed by atoms with E-state index in [1.54, 1.807) is 0 Å². The SMILES string of the molecule is ClCc1nc(N2CCCCC2)no1. The fourth-order valence-electron chi connectivity index (χ4n) is 1.52. The fraction of sp³-hybridized carbons (Fsp3) is 0.750. The van der Waals surface area contributed by atoms with E-state index in [4.69, 9.17) is 16.1 Å². The zero-order valence-corrected chi connectivity index (χ0v) is 8.13. The summed E-state index contributed by atoms with van der Waals surface area (Å²) in [5, 5.41) is 3.87. The van der Waals surface area contributed by atoms with E-state index in [0.717, 1.165) is 13.1 Å². The highest BCUT2D eigenvalue weighted by atomic mass is 35.5. The maximum atomic E-state index is 5.56. The Hall–Kier alpha value is -0.770. The molecule has 1 aliphatic rings. The third-order valence-electron chi connectivity index (χ3n) is 2.21. The van der Waals surface area contributed by atoms with E-state index in [9.17, 15) is 0 Å². The van der Waals surface area contributed by atoms with Gasteiger partial charge in [-0.15, -0.1) is 11.6 Å². The van der Waals surface area contributed by atoms with E-state index in [1.807, 2.05) is 0 Å². The number of hydrogen-bond donors (Lipinski definition) is 0. The van der Waals surface area contributed by atoms with Gasteiger partial charge in [-0.3, -0.25) is 0 Å². The van der Waals surface area contributed by atoms with Gasteiger partial charge in [0.1, 0.15) is 5.88 Å². The van der Waals surface area contributed by atoms with Gasteiger partial charge in [0.25, 0.3) is 5.95 Å². The van der Waals surface area contributed by atoms with E-state index in [0.29, 0.717) is 17.7 Å². The van der Waals surface area contributed by atoms with Crippen LogP contribution in [0.1, 0.15) is 25.2 Å². The van der Waals surface area contributed by atoms with Crippen molar-refractivity contribution in [3.63, 3.8) is 0 Å². The summed E-state index contributed by atoms with van der Waals surface area (Å²) in [4.78, 5) is 6.31. The molecule has 5 heteroatoms. The number of aromatic nitrogens is 2. The molecule has 0 aromatic carbocycles. The molecule has 0 unspecified atom stereocenters. The third kappa shape index (κ3) is 1.94. The van der Waals surface area contributed by atoms with Gasteiger partial charge in [-0.05, 0) is 24.4 Å². The molecule has 1 aromatic rings. The number of hydrogen-bond acceptors (Lipinski definition) is 4. The lowest BCUT2D eigenvalue weighted by atomic mass is 10.1. The van der Waals surface area contributed by atoms with E-state index < -0.39 is 0 Å². The van der Waals surface area contributed by atoms with Crippen molar-refractivity contribution in [2.24, 2.45) is 0 Å². The predicted molar refractivity (Wildman–Crippen MR) is 49.9 cm³/mol. The Kier molecular flexibility index (Phi) is 2.68. The van der Waals surface area contributed by atoms with Crippen LogP contribution in [0.25, 0.3) is 0 Å². The maximum absolute atomic E-state index is 5.56. The molecule has 1 aromatic heterocycles. The zero-order valence-electron chi connectivity index (χ0n) is 7.37. The van der Waals surface area contributed by atoms with E-state index >= 15 is 0 Å². The summed E-state index contributed by atoms with van der Waals surface area (Å²) in [5.74, 6) is 1.48. The molecule has 0 N–H and O–H groups in total. The van der Waals surface area contributed by atoms with E-state index in [2.05, 4.69) is 15.0 Å². The van der Waals surface area contributed by atoms with Crippen LogP contribution in [-0.2, 0) is 5.88 Å². The number of halogens is 1. The van der Waals surface area contributed by atoms with Gasteiger partial charge in [-0.2, -0.15) is 4.98 Å². The Morgan fingerprint density at radius 3 is 2.69 bits per heavy atom. The van der Waals surface area contributed by atoms with Crippen LogP contribution < -0.4 is 4.90 Å². The van der Waals surface area contributed by atoms with Crippen LogP contribution in [0.3, 0.4) is 0 Å². The van der Waals surface area contributed by atoms with Gasteiger partial charge >= 0.3 is 0 Å². The molecule has 2 heterocycles. The Morgan fingerprint density at radius 2 is 2.08 bits per heavy atom. The second-order valence-electron chi connectivity index (χ2n) is 3.17. The zero-order chi connectivity index (χ0) is 9.10. The van der Waals surface area contributed by atoms with Crippen LogP contribution in [0.4, 0.5) is 5.95 Å². The Balaban J connectivity index is 2.05. The molecule has 2 rings (SSSR count). The van der Waals surface area contributed by atoms with Crippen molar-refractivity contribution in [2.75, 3.05) is 18.0 Å². The first-order valence-electron chi connectivity index (χ1n) is 4.53. The molecule has 13 heavy (non-hydrogen) atoms. The molecule has 0 aliphatic carbocycles. The van der Waals surface area contributed by atoms with Gasteiger partial charge in [0.15, 0.2) is 0 Å². The minimum atomic E-state index is 0.292. The van der Waals surface area contributed by atoms with Crippen molar-refractivity contribution in [2.45, 2.75) is 25.1 Å². The van der Waals surface area contributed by atoms with Crippen LogP contribution >= 0.6 is 11.6 Å². The molecule has 72 valence electrons. The lowest BCUT2D eigenvalue weighted by Gasteiger charge is -2.24. The molecule has 0 radical (unpaired) electrons. The summed E-state index contributed by atoms with van der Waals surface area (Å²) in [6, 6.07) is 0. The van der Waals surface area contributed by atoms with Crippen LogP contribution in [0.5, 0.6) is 0 Å². The highest BCUT2D eigenvalue weighted by Gasteiger charge is 2.15. The van der Waals surface area contributed by atoms with Crippen LogP contribution in [0.15, 0.2) is 4.52 Å². The number of alkyl halides is 1. The number of rotatable bonds is 2. The minimum Gasteiger partial charge on any atom is -0.338 e. The van der Waals surface area contributed by atoms with Gasteiger partial charge in [0.05, 0.1) is 0 Å². The molecule has 0 amide bonds. The normalized spacial score (nSPS) is 17.8. The van der Waals surface area contributed by atoms with Crippen LogP contribution in [-0.4, -0.2) is 23.2 Å². The van der Waals surface area contributed by atoms with Crippen molar-refractivity contribution in [1.82, 2.24) is 10.1 Å². The molecule has 1 aliphatic heterocycles. The Labute approximate surface area is 81.9 Å². The predicted octanol–water partition coefficient (Wildman–Crippen LogP) is 1.80. The molecule has 0 spiro atoms.